The van der Waals surface area contributed by atoms with E-state index in [1.807, 2.05) is 36.8 Å². The number of fused-ring (bicyclic) bond motifs is 1. The van der Waals surface area contributed by atoms with Crippen molar-refractivity contribution in [1.29, 1.82) is 0 Å². The molecule has 0 aliphatic carbocycles. The minimum Gasteiger partial charge on any atom is -0.481 e. The number of imidazole rings is 2. The highest BCUT2D eigenvalue weighted by molar-refractivity contribution is 5.63. The fraction of sp³-hybridized carbons (Fsp3) is 0.333. The van der Waals surface area contributed by atoms with Gasteiger partial charge in [-0.15, -0.1) is 0 Å². The van der Waals surface area contributed by atoms with Crippen LogP contribution in [0.25, 0.3) is 17.2 Å². The second kappa shape index (κ2) is 9.48. The molecule has 1 saturated heterocycles. The number of nitrogens with one attached hydrogen (secondary N) is 1. The third kappa shape index (κ3) is 5.65. The maximum absolute atomic E-state index is 9.00. The van der Waals surface area contributed by atoms with E-state index in [0.29, 0.717) is 6.04 Å². The molecule has 3 aromatic rings. The molecule has 0 amide bonds. The Labute approximate surface area is 156 Å². The molecule has 1 atom stereocenters. The molecular weight excluding hydrogens is 350 g/mol. The molecule has 0 radical (unpaired) electrons. The number of nitrogens with zero attached hydrogens (tertiary/aromatic N) is 4. The third-order valence-electron chi connectivity index (χ3n) is 3.74. The van der Waals surface area contributed by atoms with Crippen molar-refractivity contribution in [2.75, 3.05) is 13.1 Å². The summed E-state index contributed by atoms with van der Waals surface area (Å²) in [6.07, 6.45) is 9.02. The predicted molar refractivity (Wildman–Crippen MR) is 99.6 cm³/mol. The Balaban J connectivity index is 0.000000281. The quantitative estimate of drug-likeness (QED) is 0.627. The summed E-state index contributed by atoms with van der Waals surface area (Å²) in [5, 5.41) is 18.2. The Kier molecular flexibility index (Phi) is 7.07. The lowest BCUT2D eigenvalue weighted by atomic mass is 10.2. The summed E-state index contributed by atoms with van der Waals surface area (Å²) in [5.41, 5.74) is 2.00. The smallest absolute Gasteiger partial charge is 0.300 e. The molecule has 0 aromatic carbocycles. The lowest BCUT2D eigenvalue weighted by Crippen LogP contribution is -2.14. The van der Waals surface area contributed by atoms with Crippen LogP contribution in [0.3, 0.4) is 0 Å². The van der Waals surface area contributed by atoms with E-state index in [1.54, 1.807) is 0 Å². The first-order valence-corrected chi connectivity index (χ1v) is 8.45. The van der Waals surface area contributed by atoms with E-state index in [-0.39, 0.29) is 0 Å². The molecule has 3 N–H and O–H groups in total. The molecule has 1 fully saturated rings. The van der Waals surface area contributed by atoms with Crippen molar-refractivity contribution < 1.29 is 19.8 Å². The van der Waals surface area contributed by atoms with Gasteiger partial charge in [-0.2, -0.15) is 0 Å². The highest BCUT2D eigenvalue weighted by Crippen LogP contribution is 2.25. The summed E-state index contributed by atoms with van der Waals surface area (Å²) in [6.45, 7) is 4.26. The molecule has 144 valence electrons. The highest BCUT2D eigenvalue weighted by Gasteiger charge is 2.20. The summed E-state index contributed by atoms with van der Waals surface area (Å²) < 4.78 is 4.34. The number of hydrogen-bond acceptors (Lipinski definition) is 5. The van der Waals surface area contributed by atoms with E-state index in [2.05, 4.69) is 30.4 Å². The average Bonchev–Trinajstić information content (AvgIpc) is 3.33. The molecule has 1 aliphatic heterocycles. The van der Waals surface area contributed by atoms with Gasteiger partial charge in [0.2, 0.25) is 0 Å². The zero-order valence-corrected chi connectivity index (χ0v) is 15.2. The molecule has 4 heterocycles. The van der Waals surface area contributed by atoms with Crippen LogP contribution in [0.15, 0.2) is 43.0 Å². The third-order valence-corrected chi connectivity index (χ3v) is 3.74. The molecule has 0 unspecified atom stereocenters. The van der Waals surface area contributed by atoms with Crippen molar-refractivity contribution in [1.82, 2.24) is 24.3 Å². The maximum atomic E-state index is 9.00. The van der Waals surface area contributed by atoms with Gasteiger partial charge >= 0.3 is 0 Å². The Hall–Kier alpha value is -3.20. The first kappa shape index (κ1) is 20.1. The van der Waals surface area contributed by atoms with E-state index >= 15 is 0 Å². The van der Waals surface area contributed by atoms with Crippen LogP contribution in [0.2, 0.25) is 0 Å². The lowest BCUT2D eigenvalue weighted by molar-refractivity contribution is -0.135. The lowest BCUT2D eigenvalue weighted by Gasteiger charge is -2.13. The molecule has 0 saturated carbocycles. The summed E-state index contributed by atoms with van der Waals surface area (Å²) in [4.78, 5) is 27.0. The topological polar surface area (TPSA) is 122 Å². The number of carboxylic acids is 2. The van der Waals surface area contributed by atoms with E-state index in [1.165, 1.54) is 0 Å². The van der Waals surface area contributed by atoms with Crippen molar-refractivity contribution in [3.63, 3.8) is 0 Å². The van der Waals surface area contributed by atoms with Crippen LogP contribution in [0.1, 0.15) is 26.3 Å². The van der Waals surface area contributed by atoms with Gasteiger partial charge in [0.05, 0.1) is 6.20 Å². The Bertz CT molecular complexity index is 876. The second-order valence-electron chi connectivity index (χ2n) is 5.92. The molecule has 3 aromatic heterocycles. The zero-order valence-electron chi connectivity index (χ0n) is 15.2. The Morgan fingerprint density at radius 2 is 1.85 bits per heavy atom. The van der Waals surface area contributed by atoms with E-state index in [0.717, 1.165) is 50.5 Å². The van der Waals surface area contributed by atoms with Crippen LogP contribution in [0, 0.1) is 0 Å². The number of carboxylic acid groups (broad SMARTS) is 2. The maximum Gasteiger partial charge on any atom is 0.300 e. The molecule has 0 bridgehead atoms. The van der Waals surface area contributed by atoms with Gasteiger partial charge in [0, 0.05) is 45.0 Å². The molecule has 9 heteroatoms. The van der Waals surface area contributed by atoms with Crippen LogP contribution < -0.4 is 5.32 Å². The van der Waals surface area contributed by atoms with Gasteiger partial charge in [-0.1, -0.05) is 6.07 Å². The summed E-state index contributed by atoms with van der Waals surface area (Å²) in [7, 11) is 0. The van der Waals surface area contributed by atoms with Gasteiger partial charge < -0.3 is 20.1 Å². The molecular formula is C18H23N5O4. The number of rotatable bonds is 2. The minimum absolute atomic E-state index is 0.492. The number of aromatic nitrogens is 4. The van der Waals surface area contributed by atoms with Gasteiger partial charge in [-0.25, -0.2) is 9.97 Å². The number of aliphatic carboxylic acids is 2. The first-order chi connectivity index (χ1) is 12.9. The average molecular weight is 373 g/mol. The van der Waals surface area contributed by atoms with E-state index in [4.69, 9.17) is 19.8 Å². The summed E-state index contributed by atoms with van der Waals surface area (Å²) >= 11 is 0. The first-order valence-electron chi connectivity index (χ1n) is 8.45. The molecule has 1 aliphatic rings. The van der Waals surface area contributed by atoms with Crippen LogP contribution in [0.5, 0.6) is 0 Å². The largest absolute Gasteiger partial charge is 0.481 e. The monoisotopic (exact) mass is 373 g/mol. The molecule has 27 heavy (non-hydrogen) atoms. The number of pyridine rings is 1. The molecule has 4 rings (SSSR count). The molecule has 0 spiro atoms. The fourth-order valence-corrected chi connectivity index (χ4v) is 2.78. The van der Waals surface area contributed by atoms with Gasteiger partial charge in [0.15, 0.2) is 5.82 Å². The summed E-state index contributed by atoms with van der Waals surface area (Å²) in [5.74, 6) is -0.674. The van der Waals surface area contributed by atoms with Crippen LogP contribution in [-0.2, 0) is 9.59 Å². The second-order valence-corrected chi connectivity index (χ2v) is 5.92. The minimum atomic E-state index is -0.833. The molecule has 9 nitrogen and oxygen atoms in total. The Morgan fingerprint density at radius 3 is 2.48 bits per heavy atom. The van der Waals surface area contributed by atoms with E-state index in [9.17, 15) is 0 Å². The summed E-state index contributed by atoms with van der Waals surface area (Å²) in [6, 6.07) is 6.52. The van der Waals surface area contributed by atoms with Gasteiger partial charge in [-0.05, 0) is 25.1 Å². The van der Waals surface area contributed by atoms with Gasteiger partial charge in [-0.3, -0.25) is 14.0 Å². The van der Waals surface area contributed by atoms with Crippen molar-refractivity contribution in [3.8, 4) is 11.5 Å². The number of hydrogen-bond donors (Lipinski definition) is 3. The predicted octanol–water partition coefficient (Wildman–Crippen LogP) is 1.91. The standard InChI is InChI=1S/C14H15N5.2C2H4O2/c1-2-7-19-12(10-17-13(19)3-1)14-16-6-8-18(14)11-4-5-15-9-11;2*1-2(3)4/h1-3,6-8,10-11,15H,4-5,9H2;2*1H3,(H,3,4)/t11-;;/m1../s1. The highest BCUT2D eigenvalue weighted by atomic mass is 16.4. The number of carbonyl (C=O) groups is 2. The fourth-order valence-electron chi connectivity index (χ4n) is 2.78. The zero-order chi connectivity index (χ0) is 19.8. The van der Waals surface area contributed by atoms with Gasteiger partial charge in [0.1, 0.15) is 11.3 Å². The van der Waals surface area contributed by atoms with Crippen molar-refractivity contribution in [2.45, 2.75) is 26.3 Å². The normalized spacial score (nSPS) is 15.4. The van der Waals surface area contributed by atoms with Crippen LogP contribution in [0.4, 0.5) is 0 Å². The van der Waals surface area contributed by atoms with Gasteiger partial charge in [0.25, 0.3) is 11.9 Å². The van der Waals surface area contributed by atoms with Crippen molar-refractivity contribution in [3.05, 3.63) is 43.0 Å². The van der Waals surface area contributed by atoms with Crippen LogP contribution >= 0.6 is 0 Å². The van der Waals surface area contributed by atoms with Crippen molar-refractivity contribution in [2.24, 2.45) is 0 Å². The van der Waals surface area contributed by atoms with E-state index < -0.39 is 11.9 Å². The Morgan fingerprint density at radius 1 is 1.15 bits per heavy atom. The van der Waals surface area contributed by atoms with Crippen molar-refractivity contribution >= 4 is 17.6 Å². The SMILES string of the molecule is CC(=O)O.CC(=O)O.c1ccn2c(-c3nccn3[C@@H]3CCNC3)cnc2c1. The van der Waals surface area contributed by atoms with Crippen LogP contribution in [-0.4, -0.2) is 54.2 Å².